The molecule has 7 heteroatoms. The fourth-order valence-corrected chi connectivity index (χ4v) is 12.9. The van der Waals surface area contributed by atoms with Crippen LogP contribution in [0.15, 0.2) is 10.2 Å². The van der Waals surface area contributed by atoms with E-state index in [-0.39, 0.29) is 15.1 Å². The van der Waals surface area contributed by atoms with Gasteiger partial charge in [-0.25, -0.2) is 9.59 Å². The lowest BCUT2D eigenvalue weighted by Gasteiger charge is -2.56. The Morgan fingerprint density at radius 2 is 1.14 bits per heavy atom. The summed E-state index contributed by atoms with van der Waals surface area (Å²) < 4.78 is 11.1. The van der Waals surface area contributed by atoms with Gasteiger partial charge in [-0.3, -0.25) is 0 Å². The van der Waals surface area contributed by atoms with Gasteiger partial charge in [0, 0.05) is 0 Å². The molecule has 0 fully saturated rings. The molecule has 0 N–H and O–H groups in total. The van der Waals surface area contributed by atoms with Gasteiger partial charge in [0.15, 0.2) is 0 Å². The van der Waals surface area contributed by atoms with Crippen molar-refractivity contribution in [2.45, 2.75) is 116 Å². The van der Waals surface area contributed by atoms with E-state index in [9.17, 15) is 9.59 Å². The molecule has 0 aliphatic rings. The molecule has 6 nitrogen and oxygen atoms in total. The number of amides is 2. The SMILES string of the molecule is CCCCCCCOC(=O)/N=N/C(=O)O[Si](C(C)(C)C)(C(C)(C)C)C(C)(C)C. The molecule has 0 aromatic rings. The largest absolute Gasteiger partial charge is 0.499 e. The van der Waals surface area contributed by atoms with Crippen LogP contribution in [-0.4, -0.2) is 27.1 Å². The predicted molar refractivity (Wildman–Crippen MR) is 116 cm³/mol. The zero-order valence-electron chi connectivity index (χ0n) is 19.8. The van der Waals surface area contributed by atoms with Crippen molar-refractivity contribution in [2.24, 2.45) is 10.2 Å². The molecule has 0 radical (unpaired) electrons. The number of hydrogen-bond donors (Lipinski definition) is 0. The molecule has 0 atom stereocenters. The molecule has 0 saturated carbocycles. The van der Waals surface area contributed by atoms with E-state index in [4.69, 9.17) is 9.16 Å². The maximum absolute atomic E-state index is 12.5. The van der Waals surface area contributed by atoms with E-state index in [0.717, 1.165) is 19.3 Å². The summed E-state index contributed by atoms with van der Waals surface area (Å²) in [7, 11) is -2.73. The standard InChI is InChI=1S/C21H42N2O4Si/c1-11-12-13-14-15-16-26-17(24)22-23-18(25)27-28(19(2,3)4,20(5,6)7)21(8,9)10/h11-16H2,1-10H3/b23-22+. The van der Waals surface area contributed by atoms with E-state index in [0.29, 0.717) is 6.61 Å². The average Bonchev–Trinajstić information content (AvgIpc) is 2.50. The van der Waals surface area contributed by atoms with Crippen molar-refractivity contribution in [3.8, 4) is 0 Å². The van der Waals surface area contributed by atoms with Gasteiger partial charge in [0.1, 0.15) is 0 Å². The van der Waals surface area contributed by atoms with Crippen LogP contribution in [0.1, 0.15) is 101 Å². The highest BCUT2D eigenvalue weighted by atomic mass is 28.4. The molecule has 164 valence electrons. The normalized spacial score (nSPS) is 13.6. The molecule has 0 aromatic heterocycles. The van der Waals surface area contributed by atoms with Crippen molar-refractivity contribution >= 4 is 20.5 Å². The highest BCUT2D eigenvalue weighted by molar-refractivity contribution is 6.83. The van der Waals surface area contributed by atoms with Crippen molar-refractivity contribution in [2.75, 3.05) is 6.61 Å². The Labute approximate surface area is 173 Å². The molecule has 0 bridgehead atoms. The molecule has 0 rings (SSSR count). The molecular weight excluding hydrogens is 372 g/mol. The quantitative estimate of drug-likeness (QED) is 0.240. The van der Waals surface area contributed by atoms with Crippen LogP contribution >= 0.6 is 0 Å². The Balaban J connectivity index is 5.08. The average molecular weight is 415 g/mol. The Bertz CT molecular complexity index is 504. The monoisotopic (exact) mass is 414 g/mol. The van der Waals surface area contributed by atoms with Crippen LogP contribution in [0.5, 0.6) is 0 Å². The Hall–Kier alpha value is -1.24. The number of nitrogens with zero attached hydrogens (tertiary/aromatic N) is 2. The number of carbonyl (C=O) groups excluding carboxylic acids is 2. The van der Waals surface area contributed by atoms with Gasteiger partial charge in [0.05, 0.1) is 6.61 Å². The summed E-state index contributed by atoms with van der Waals surface area (Å²) in [4.78, 5) is 24.2. The smallest absolute Gasteiger partial charge is 0.452 e. The minimum absolute atomic E-state index is 0.228. The van der Waals surface area contributed by atoms with Crippen LogP contribution in [0.4, 0.5) is 9.59 Å². The first-order chi connectivity index (χ1) is 12.6. The Morgan fingerprint density at radius 3 is 1.57 bits per heavy atom. The Morgan fingerprint density at radius 1 is 0.714 bits per heavy atom. The third kappa shape index (κ3) is 7.30. The Kier molecular flexibility index (Phi) is 10.0. The summed E-state index contributed by atoms with van der Waals surface area (Å²) in [5, 5.41) is 6.22. The van der Waals surface area contributed by atoms with Gasteiger partial charge >= 0.3 is 12.2 Å². The van der Waals surface area contributed by atoms with E-state index in [1.165, 1.54) is 12.8 Å². The lowest BCUT2D eigenvalue weighted by molar-refractivity contribution is 0.151. The second-order valence-corrected chi connectivity index (χ2v) is 16.6. The van der Waals surface area contributed by atoms with Gasteiger partial charge in [-0.2, -0.15) is 0 Å². The molecule has 0 heterocycles. The van der Waals surface area contributed by atoms with Gasteiger partial charge in [-0.15, -0.1) is 0 Å². The van der Waals surface area contributed by atoms with E-state index in [2.05, 4.69) is 79.5 Å². The number of ether oxygens (including phenoxy) is 1. The van der Waals surface area contributed by atoms with Crippen molar-refractivity contribution in [3.63, 3.8) is 0 Å². The highest BCUT2D eigenvalue weighted by Crippen LogP contribution is 2.62. The van der Waals surface area contributed by atoms with Gasteiger partial charge in [0.2, 0.25) is 0 Å². The van der Waals surface area contributed by atoms with Gasteiger partial charge in [-0.05, 0) is 21.5 Å². The number of azo groups is 1. The molecule has 0 unspecified atom stereocenters. The topological polar surface area (TPSA) is 77.3 Å². The molecule has 0 aromatic carbocycles. The van der Waals surface area contributed by atoms with Gasteiger partial charge < -0.3 is 9.16 Å². The first-order valence-electron chi connectivity index (χ1n) is 10.4. The van der Waals surface area contributed by atoms with E-state index < -0.39 is 20.5 Å². The van der Waals surface area contributed by atoms with Gasteiger partial charge in [-0.1, -0.05) is 105 Å². The fraction of sp³-hybridized carbons (Fsp3) is 0.905. The maximum atomic E-state index is 12.5. The van der Waals surface area contributed by atoms with Crippen LogP contribution in [0, 0.1) is 0 Å². The van der Waals surface area contributed by atoms with Gasteiger partial charge in [0.25, 0.3) is 8.32 Å². The molecule has 28 heavy (non-hydrogen) atoms. The number of unbranched alkanes of at least 4 members (excludes halogenated alkanes) is 4. The van der Waals surface area contributed by atoms with Crippen LogP contribution in [0.25, 0.3) is 0 Å². The molecule has 0 aliphatic carbocycles. The maximum Gasteiger partial charge on any atom is 0.452 e. The summed E-state index contributed by atoms with van der Waals surface area (Å²) in [6.07, 6.45) is 3.62. The lowest BCUT2D eigenvalue weighted by atomic mass is 10.2. The predicted octanol–water partition coefficient (Wildman–Crippen LogP) is 8.03. The summed E-state index contributed by atoms with van der Waals surface area (Å²) in [5.41, 5.74) is 0. The van der Waals surface area contributed by atoms with Crippen LogP contribution < -0.4 is 0 Å². The summed E-state index contributed by atoms with van der Waals surface area (Å²) in [6.45, 7) is 21.4. The van der Waals surface area contributed by atoms with Crippen molar-refractivity contribution < 1.29 is 18.8 Å². The van der Waals surface area contributed by atoms with Crippen molar-refractivity contribution in [1.82, 2.24) is 0 Å². The fourth-order valence-electron chi connectivity index (χ4n) is 4.96. The van der Waals surface area contributed by atoms with Crippen LogP contribution in [0.3, 0.4) is 0 Å². The van der Waals surface area contributed by atoms with Crippen LogP contribution in [-0.2, 0) is 9.16 Å². The van der Waals surface area contributed by atoms with Crippen molar-refractivity contribution in [1.29, 1.82) is 0 Å². The lowest BCUT2D eigenvalue weighted by Crippen LogP contribution is -2.61. The summed E-state index contributed by atoms with van der Waals surface area (Å²) in [5.74, 6) is 0. The zero-order chi connectivity index (χ0) is 22.2. The minimum Gasteiger partial charge on any atom is -0.499 e. The molecule has 0 spiro atoms. The number of hydrogen-bond acceptors (Lipinski definition) is 4. The number of rotatable bonds is 7. The van der Waals surface area contributed by atoms with E-state index in [1.807, 2.05) is 0 Å². The van der Waals surface area contributed by atoms with Crippen molar-refractivity contribution in [3.05, 3.63) is 0 Å². The van der Waals surface area contributed by atoms with E-state index >= 15 is 0 Å². The molecule has 0 aliphatic heterocycles. The second kappa shape index (κ2) is 10.5. The summed E-state index contributed by atoms with van der Waals surface area (Å²) >= 11 is 0. The summed E-state index contributed by atoms with van der Waals surface area (Å²) in [6, 6.07) is 0. The minimum atomic E-state index is -2.73. The molecule has 2 amide bonds. The molecular formula is C21H42N2O4Si. The first kappa shape index (κ1) is 26.8. The number of carbonyl (C=O) groups is 2. The molecule has 0 saturated heterocycles. The zero-order valence-corrected chi connectivity index (χ0v) is 20.8. The first-order valence-corrected chi connectivity index (χ1v) is 12.3. The van der Waals surface area contributed by atoms with E-state index in [1.54, 1.807) is 0 Å². The van der Waals surface area contributed by atoms with Crippen LogP contribution in [0.2, 0.25) is 15.1 Å². The second-order valence-electron chi connectivity index (χ2n) is 10.5. The third-order valence-corrected chi connectivity index (χ3v) is 11.9. The highest BCUT2D eigenvalue weighted by Gasteiger charge is 2.64. The third-order valence-electron chi connectivity index (χ3n) is 5.10.